The van der Waals surface area contributed by atoms with Gasteiger partial charge in [0, 0.05) is 24.8 Å². The van der Waals surface area contributed by atoms with Crippen molar-refractivity contribution in [1.29, 1.82) is 0 Å². The first-order valence-corrected chi connectivity index (χ1v) is 7.23. The topological polar surface area (TPSA) is 72.4 Å². The maximum absolute atomic E-state index is 11.1. The molecule has 1 saturated carbocycles. The van der Waals surface area contributed by atoms with E-state index >= 15 is 0 Å². The molecule has 0 aromatic heterocycles. The van der Waals surface area contributed by atoms with E-state index in [1.54, 1.807) is 12.1 Å². The van der Waals surface area contributed by atoms with Gasteiger partial charge in [-0.05, 0) is 38.3 Å². The number of anilines is 1. The molecule has 2 rings (SSSR count). The molecule has 1 aromatic rings. The van der Waals surface area contributed by atoms with Crippen LogP contribution in [-0.2, 0) is 0 Å². The summed E-state index contributed by atoms with van der Waals surface area (Å²) >= 11 is 0. The molecule has 110 valence electrons. The van der Waals surface area contributed by atoms with Gasteiger partial charge in [-0.25, -0.2) is 0 Å². The van der Waals surface area contributed by atoms with Crippen molar-refractivity contribution in [3.05, 3.63) is 33.9 Å². The lowest BCUT2D eigenvalue weighted by atomic mass is 9.83. The van der Waals surface area contributed by atoms with E-state index in [0.717, 1.165) is 24.1 Å². The van der Waals surface area contributed by atoms with Gasteiger partial charge >= 0.3 is 0 Å². The molecule has 1 aromatic carbocycles. The number of hydrogen-bond acceptors (Lipinski definition) is 4. The molecule has 5 nitrogen and oxygen atoms in total. The van der Waals surface area contributed by atoms with Gasteiger partial charge < -0.3 is 10.6 Å². The largest absolute Gasteiger partial charge is 0.371 e. The minimum absolute atomic E-state index is 0.189. The van der Waals surface area contributed by atoms with E-state index in [2.05, 4.69) is 4.90 Å². The first-order valence-electron chi connectivity index (χ1n) is 7.23. The quantitative estimate of drug-likeness (QED) is 0.678. The molecule has 0 bridgehead atoms. The molecule has 2 atom stereocenters. The zero-order chi connectivity index (χ0) is 14.7. The Labute approximate surface area is 119 Å². The SMILES string of the molecule is Cc1c(N(C)C2CCCCC2CN)cccc1[N+](=O)[O-]. The van der Waals surface area contributed by atoms with E-state index in [1.165, 1.54) is 12.8 Å². The minimum Gasteiger partial charge on any atom is -0.371 e. The van der Waals surface area contributed by atoms with Crippen LogP contribution in [0.1, 0.15) is 31.2 Å². The molecule has 2 N–H and O–H groups in total. The van der Waals surface area contributed by atoms with Crippen molar-refractivity contribution in [3.63, 3.8) is 0 Å². The third-order valence-electron chi connectivity index (χ3n) is 4.52. The van der Waals surface area contributed by atoms with E-state index in [-0.39, 0.29) is 10.6 Å². The summed E-state index contributed by atoms with van der Waals surface area (Å²) in [7, 11) is 2.03. The van der Waals surface area contributed by atoms with E-state index in [1.807, 2.05) is 20.0 Å². The van der Waals surface area contributed by atoms with Gasteiger partial charge in [-0.3, -0.25) is 10.1 Å². The standard InChI is InChI=1S/C15H23N3O2/c1-11-13(8-5-9-14(11)18(19)20)17(2)15-7-4-3-6-12(15)10-16/h5,8-9,12,15H,3-4,6-7,10,16H2,1-2H3. The number of hydrogen-bond donors (Lipinski definition) is 1. The van der Waals surface area contributed by atoms with Gasteiger partial charge in [-0.2, -0.15) is 0 Å². The molecule has 0 aliphatic heterocycles. The molecule has 5 heteroatoms. The summed E-state index contributed by atoms with van der Waals surface area (Å²) in [5, 5.41) is 11.1. The first kappa shape index (κ1) is 14.8. The first-order chi connectivity index (χ1) is 9.56. The Kier molecular flexibility index (Phi) is 4.60. The van der Waals surface area contributed by atoms with E-state index in [9.17, 15) is 10.1 Å². The van der Waals surface area contributed by atoms with Crippen LogP contribution in [0.3, 0.4) is 0 Å². The second-order valence-electron chi connectivity index (χ2n) is 5.64. The summed E-state index contributed by atoms with van der Waals surface area (Å²) in [5.41, 5.74) is 7.77. The predicted octanol–water partition coefficient (Wildman–Crippen LogP) is 2.86. The number of nitro benzene ring substituents is 1. The monoisotopic (exact) mass is 277 g/mol. The predicted molar refractivity (Wildman–Crippen MR) is 81.0 cm³/mol. The van der Waals surface area contributed by atoms with Crippen LogP contribution in [0, 0.1) is 23.0 Å². The van der Waals surface area contributed by atoms with Crippen molar-refractivity contribution in [2.45, 2.75) is 38.6 Å². The number of rotatable bonds is 4. The zero-order valence-corrected chi connectivity index (χ0v) is 12.2. The Hall–Kier alpha value is -1.62. The minimum atomic E-state index is -0.312. The lowest BCUT2D eigenvalue weighted by molar-refractivity contribution is -0.385. The van der Waals surface area contributed by atoms with Crippen LogP contribution < -0.4 is 10.6 Å². The average molecular weight is 277 g/mol. The van der Waals surface area contributed by atoms with Crippen LogP contribution in [0.15, 0.2) is 18.2 Å². The summed E-state index contributed by atoms with van der Waals surface area (Å²) in [4.78, 5) is 12.9. The molecule has 0 amide bonds. The van der Waals surface area contributed by atoms with Crippen LogP contribution in [0.25, 0.3) is 0 Å². The van der Waals surface area contributed by atoms with E-state index < -0.39 is 0 Å². The van der Waals surface area contributed by atoms with Crippen molar-refractivity contribution in [2.75, 3.05) is 18.5 Å². The zero-order valence-electron chi connectivity index (χ0n) is 12.2. The third kappa shape index (κ3) is 2.77. The van der Waals surface area contributed by atoms with Crippen LogP contribution in [0.4, 0.5) is 11.4 Å². The highest BCUT2D eigenvalue weighted by Crippen LogP contribution is 2.34. The fourth-order valence-corrected chi connectivity index (χ4v) is 3.34. The Morgan fingerprint density at radius 2 is 2.10 bits per heavy atom. The van der Waals surface area contributed by atoms with Gasteiger partial charge in [0.15, 0.2) is 0 Å². The Morgan fingerprint density at radius 3 is 2.75 bits per heavy atom. The lowest BCUT2D eigenvalue weighted by Gasteiger charge is -2.39. The molecule has 0 saturated heterocycles. The number of nitro groups is 1. The number of nitrogens with zero attached hydrogens (tertiary/aromatic N) is 2. The number of benzene rings is 1. The summed E-state index contributed by atoms with van der Waals surface area (Å²) in [6.45, 7) is 2.51. The molecule has 2 unspecified atom stereocenters. The average Bonchev–Trinajstić information content (AvgIpc) is 2.46. The van der Waals surface area contributed by atoms with Gasteiger partial charge in [0.1, 0.15) is 0 Å². The van der Waals surface area contributed by atoms with Crippen molar-refractivity contribution in [3.8, 4) is 0 Å². The Balaban J connectivity index is 2.30. The molecule has 1 fully saturated rings. The molecule has 1 aliphatic rings. The Bertz CT molecular complexity index is 490. The molecular weight excluding hydrogens is 254 g/mol. The fourth-order valence-electron chi connectivity index (χ4n) is 3.34. The molecule has 0 heterocycles. The van der Waals surface area contributed by atoms with Crippen LogP contribution in [0.2, 0.25) is 0 Å². The summed E-state index contributed by atoms with van der Waals surface area (Å²) < 4.78 is 0. The fraction of sp³-hybridized carbons (Fsp3) is 0.600. The molecule has 0 spiro atoms. The highest BCUT2D eigenvalue weighted by molar-refractivity contribution is 5.61. The maximum atomic E-state index is 11.1. The van der Waals surface area contributed by atoms with Crippen LogP contribution >= 0.6 is 0 Å². The van der Waals surface area contributed by atoms with Crippen molar-refractivity contribution >= 4 is 11.4 Å². The summed E-state index contributed by atoms with van der Waals surface area (Å²) in [6.07, 6.45) is 4.71. The molecular formula is C15H23N3O2. The maximum Gasteiger partial charge on any atom is 0.274 e. The lowest BCUT2D eigenvalue weighted by Crippen LogP contribution is -2.43. The van der Waals surface area contributed by atoms with Gasteiger partial charge in [0.2, 0.25) is 0 Å². The van der Waals surface area contributed by atoms with Gasteiger partial charge in [-0.15, -0.1) is 0 Å². The van der Waals surface area contributed by atoms with Crippen molar-refractivity contribution in [2.24, 2.45) is 11.7 Å². The number of nitrogens with two attached hydrogens (primary N) is 1. The summed E-state index contributed by atoms with van der Waals surface area (Å²) in [6, 6.07) is 5.67. The molecule has 20 heavy (non-hydrogen) atoms. The second kappa shape index (κ2) is 6.22. The normalized spacial score (nSPS) is 22.6. The third-order valence-corrected chi connectivity index (χ3v) is 4.52. The smallest absolute Gasteiger partial charge is 0.274 e. The van der Waals surface area contributed by atoms with Gasteiger partial charge in [-0.1, -0.05) is 18.9 Å². The van der Waals surface area contributed by atoms with Crippen molar-refractivity contribution in [1.82, 2.24) is 0 Å². The second-order valence-corrected chi connectivity index (χ2v) is 5.64. The Morgan fingerprint density at radius 1 is 1.40 bits per heavy atom. The van der Waals surface area contributed by atoms with E-state index in [4.69, 9.17) is 5.73 Å². The van der Waals surface area contributed by atoms with E-state index in [0.29, 0.717) is 18.5 Å². The summed E-state index contributed by atoms with van der Waals surface area (Å²) in [5.74, 6) is 0.479. The van der Waals surface area contributed by atoms with Crippen LogP contribution in [-0.4, -0.2) is 24.6 Å². The van der Waals surface area contributed by atoms with Gasteiger partial charge in [0.05, 0.1) is 10.5 Å². The molecule has 1 aliphatic carbocycles. The van der Waals surface area contributed by atoms with Gasteiger partial charge in [0.25, 0.3) is 5.69 Å². The highest BCUT2D eigenvalue weighted by atomic mass is 16.6. The van der Waals surface area contributed by atoms with Crippen molar-refractivity contribution < 1.29 is 4.92 Å². The molecule has 0 radical (unpaired) electrons. The van der Waals surface area contributed by atoms with Crippen LogP contribution in [0.5, 0.6) is 0 Å². The highest BCUT2D eigenvalue weighted by Gasteiger charge is 2.29.